The van der Waals surface area contributed by atoms with Gasteiger partial charge in [-0.2, -0.15) is 0 Å². The van der Waals surface area contributed by atoms with Crippen LogP contribution in [0, 0.1) is 13.8 Å². The van der Waals surface area contributed by atoms with Crippen molar-refractivity contribution in [2.75, 3.05) is 11.9 Å². The lowest BCUT2D eigenvalue weighted by Gasteiger charge is -2.11. The van der Waals surface area contributed by atoms with Crippen molar-refractivity contribution >= 4 is 11.6 Å². The third kappa shape index (κ3) is 12.4. The van der Waals surface area contributed by atoms with Gasteiger partial charge in [-0.25, -0.2) is 4.57 Å². The molecule has 4 heteroatoms. The van der Waals surface area contributed by atoms with Gasteiger partial charge in [0.15, 0.2) is 18.9 Å². The minimum atomic E-state index is -0.0176. The maximum Gasteiger partial charge on any atom is 0.228 e. The van der Waals surface area contributed by atoms with Crippen LogP contribution in [-0.4, -0.2) is 12.5 Å². The van der Waals surface area contributed by atoms with Gasteiger partial charge in [0, 0.05) is 16.7 Å². The number of benzene rings is 2. The molecular weight excluding hydrogens is 492 g/mol. The fraction of sp³-hybridized carbons (Fsp3) is 0.500. The lowest BCUT2D eigenvalue weighted by atomic mass is 10.1. The van der Waals surface area contributed by atoms with Gasteiger partial charge in [0.05, 0.1) is 18.7 Å². The summed E-state index contributed by atoms with van der Waals surface area (Å²) in [6.07, 6.45) is 20.6. The number of hydrogen-bond acceptors (Lipinski definition) is 2. The second-order valence-corrected chi connectivity index (χ2v) is 11.3. The molecule has 1 heterocycles. The Balaban J connectivity index is 1.35. The summed E-state index contributed by atoms with van der Waals surface area (Å²) < 4.78 is 8.18. The molecular formula is C36H51N2O2+. The monoisotopic (exact) mass is 543 g/mol. The Bertz CT molecular complexity index is 1140. The Morgan fingerprint density at radius 1 is 0.750 bits per heavy atom. The standard InChI is InChI=1S/C36H50N2O2/c1-4-5-6-7-8-9-10-11-12-13-14-17-23-40-34-21-18-19-32(25-34)26-36(39)37-35-22-16-15-20-33(35)29-38-27-30(2)24-31(3)28-38/h15-16,18-22,24-25,27-28H,4-14,17,23,26,29H2,1-3H3/p+1. The molecule has 0 saturated heterocycles. The number of nitrogens with one attached hydrogen (secondary N) is 1. The van der Waals surface area contributed by atoms with Crippen LogP contribution < -0.4 is 14.6 Å². The molecule has 0 aliphatic heterocycles. The highest BCUT2D eigenvalue weighted by Crippen LogP contribution is 2.18. The van der Waals surface area contributed by atoms with Crippen LogP contribution in [0.1, 0.15) is 106 Å². The number of para-hydroxylation sites is 1. The van der Waals surface area contributed by atoms with E-state index >= 15 is 0 Å². The molecule has 0 saturated carbocycles. The number of aryl methyl sites for hydroxylation is 2. The van der Waals surface area contributed by atoms with Crippen LogP contribution in [0.15, 0.2) is 67.0 Å². The average molecular weight is 544 g/mol. The first-order chi connectivity index (χ1) is 19.5. The van der Waals surface area contributed by atoms with Gasteiger partial charge in [-0.05, 0) is 50.1 Å². The molecule has 0 fully saturated rings. The van der Waals surface area contributed by atoms with Crippen molar-refractivity contribution in [2.45, 2.75) is 111 Å². The predicted octanol–water partition coefficient (Wildman–Crippen LogP) is 8.90. The van der Waals surface area contributed by atoms with Crippen molar-refractivity contribution in [1.29, 1.82) is 0 Å². The summed E-state index contributed by atoms with van der Waals surface area (Å²) in [5.74, 6) is 0.830. The van der Waals surface area contributed by atoms with Gasteiger partial charge < -0.3 is 10.1 Å². The van der Waals surface area contributed by atoms with Crippen molar-refractivity contribution in [3.63, 3.8) is 0 Å². The van der Waals surface area contributed by atoms with E-state index in [4.69, 9.17) is 4.74 Å². The molecule has 1 amide bonds. The molecule has 0 aliphatic rings. The van der Waals surface area contributed by atoms with Gasteiger partial charge in [0.2, 0.25) is 5.91 Å². The first-order valence-electron chi connectivity index (χ1n) is 15.6. The summed E-state index contributed by atoms with van der Waals surface area (Å²) in [4.78, 5) is 12.9. The van der Waals surface area contributed by atoms with Crippen LogP contribution in [0.4, 0.5) is 5.69 Å². The van der Waals surface area contributed by atoms with E-state index in [1.54, 1.807) is 0 Å². The summed E-state index contributed by atoms with van der Waals surface area (Å²) in [5.41, 5.74) is 5.36. The van der Waals surface area contributed by atoms with Crippen LogP contribution >= 0.6 is 0 Å². The van der Waals surface area contributed by atoms with Gasteiger partial charge in [-0.1, -0.05) is 108 Å². The molecule has 0 bridgehead atoms. The van der Waals surface area contributed by atoms with Crippen molar-refractivity contribution < 1.29 is 14.1 Å². The van der Waals surface area contributed by atoms with Gasteiger partial charge in [0.1, 0.15) is 5.75 Å². The molecule has 0 spiro atoms. The minimum absolute atomic E-state index is 0.0176. The zero-order chi connectivity index (χ0) is 28.4. The number of carbonyl (C=O) groups excluding carboxylic acids is 1. The minimum Gasteiger partial charge on any atom is -0.494 e. The fourth-order valence-corrected chi connectivity index (χ4v) is 5.32. The van der Waals surface area contributed by atoms with E-state index in [1.165, 1.54) is 81.8 Å². The normalized spacial score (nSPS) is 11.0. The van der Waals surface area contributed by atoms with Crippen molar-refractivity contribution in [2.24, 2.45) is 0 Å². The SMILES string of the molecule is CCCCCCCCCCCCCCOc1cccc(CC(=O)Nc2ccccc2C[n+]2cc(C)cc(C)c2)c1. The largest absolute Gasteiger partial charge is 0.494 e. The summed E-state index contributed by atoms with van der Waals surface area (Å²) in [6.45, 7) is 7.93. The lowest BCUT2D eigenvalue weighted by molar-refractivity contribution is -0.688. The number of anilines is 1. The Labute approximate surface area is 243 Å². The maximum absolute atomic E-state index is 12.9. The quantitative estimate of drug-likeness (QED) is 0.121. The van der Waals surface area contributed by atoms with Crippen LogP contribution in [0.5, 0.6) is 5.75 Å². The highest BCUT2D eigenvalue weighted by atomic mass is 16.5. The fourth-order valence-electron chi connectivity index (χ4n) is 5.32. The third-order valence-corrected chi connectivity index (χ3v) is 7.37. The van der Waals surface area contributed by atoms with E-state index in [0.29, 0.717) is 13.0 Å². The van der Waals surface area contributed by atoms with E-state index in [9.17, 15) is 4.79 Å². The van der Waals surface area contributed by atoms with E-state index in [1.807, 2.05) is 42.5 Å². The van der Waals surface area contributed by atoms with E-state index in [2.05, 4.69) is 55.2 Å². The highest BCUT2D eigenvalue weighted by molar-refractivity contribution is 5.93. The number of carbonyl (C=O) groups is 1. The Kier molecular flexibility index (Phi) is 14.3. The Hall–Kier alpha value is -3.14. The van der Waals surface area contributed by atoms with Gasteiger partial charge in [-0.3, -0.25) is 4.79 Å². The van der Waals surface area contributed by atoms with Crippen molar-refractivity contribution in [3.05, 3.63) is 89.2 Å². The number of nitrogens with zero attached hydrogens (tertiary/aromatic N) is 1. The highest BCUT2D eigenvalue weighted by Gasteiger charge is 2.12. The van der Waals surface area contributed by atoms with Crippen molar-refractivity contribution in [1.82, 2.24) is 0 Å². The van der Waals surface area contributed by atoms with Gasteiger partial charge in [-0.15, -0.1) is 0 Å². The molecule has 0 aliphatic carbocycles. The molecule has 216 valence electrons. The summed E-state index contributed by atoms with van der Waals surface area (Å²) in [7, 11) is 0. The Morgan fingerprint density at radius 3 is 2.05 bits per heavy atom. The number of ether oxygens (including phenoxy) is 1. The molecule has 2 aromatic carbocycles. The number of aromatic nitrogens is 1. The molecule has 4 nitrogen and oxygen atoms in total. The van der Waals surface area contributed by atoms with E-state index < -0.39 is 0 Å². The molecule has 0 atom stereocenters. The second-order valence-electron chi connectivity index (χ2n) is 11.3. The molecule has 1 aromatic heterocycles. The zero-order valence-corrected chi connectivity index (χ0v) is 25.2. The number of amides is 1. The summed E-state index contributed by atoms with van der Waals surface area (Å²) >= 11 is 0. The first kappa shape index (κ1) is 31.4. The number of unbranched alkanes of at least 4 members (excludes halogenated alkanes) is 11. The zero-order valence-electron chi connectivity index (χ0n) is 25.2. The number of pyridine rings is 1. The summed E-state index contributed by atoms with van der Waals surface area (Å²) in [5, 5.41) is 3.13. The third-order valence-electron chi connectivity index (χ3n) is 7.37. The van der Waals surface area contributed by atoms with Gasteiger partial charge >= 0.3 is 0 Å². The topological polar surface area (TPSA) is 42.2 Å². The van der Waals surface area contributed by atoms with Crippen LogP contribution in [0.25, 0.3) is 0 Å². The Morgan fingerprint density at radius 2 is 1.38 bits per heavy atom. The number of hydrogen-bond donors (Lipinski definition) is 1. The maximum atomic E-state index is 12.9. The molecule has 0 unspecified atom stereocenters. The van der Waals surface area contributed by atoms with Crippen LogP contribution in [0.2, 0.25) is 0 Å². The molecule has 1 N–H and O–H groups in total. The summed E-state index contributed by atoms with van der Waals surface area (Å²) in [6, 6.07) is 18.2. The van der Waals surface area contributed by atoms with Gasteiger partial charge in [0.25, 0.3) is 0 Å². The lowest BCUT2D eigenvalue weighted by Crippen LogP contribution is -2.34. The van der Waals surface area contributed by atoms with E-state index in [-0.39, 0.29) is 5.91 Å². The predicted molar refractivity (Wildman–Crippen MR) is 167 cm³/mol. The first-order valence-corrected chi connectivity index (χ1v) is 15.6. The molecule has 40 heavy (non-hydrogen) atoms. The van der Waals surface area contributed by atoms with E-state index in [0.717, 1.165) is 35.6 Å². The molecule has 3 rings (SSSR count). The smallest absolute Gasteiger partial charge is 0.228 e. The average Bonchev–Trinajstić information content (AvgIpc) is 2.92. The second kappa shape index (κ2) is 18.3. The van der Waals surface area contributed by atoms with Crippen LogP contribution in [-0.2, 0) is 17.8 Å². The molecule has 3 aromatic rings. The molecule has 0 radical (unpaired) electrons. The van der Waals surface area contributed by atoms with Crippen molar-refractivity contribution in [3.8, 4) is 5.75 Å². The number of rotatable bonds is 19. The van der Waals surface area contributed by atoms with Crippen LogP contribution in [0.3, 0.4) is 0 Å².